The Balaban J connectivity index is 1.46. The Labute approximate surface area is 153 Å². The lowest BCUT2D eigenvalue weighted by molar-refractivity contribution is -0.124. The number of nitrogens with one attached hydrogen (secondary N) is 1. The van der Waals surface area contributed by atoms with Crippen LogP contribution in [0.5, 0.6) is 5.88 Å². The Morgan fingerprint density at radius 2 is 2.08 bits per heavy atom. The second-order valence-electron chi connectivity index (χ2n) is 6.98. The normalized spacial score (nSPS) is 15.6. The van der Waals surface area contributed by atoms with Crippen molar-refractivity contribution in [3.8, 4) is 5.88 Å². The number of rotatable bonds is 7. The molecule has 0 bridgehead atoms. The quantitative estimate of drug-likeness (QED) is 0.815. The molecule has 1 atom stereocenters. The zero-order valence-electron chi connectivity index (χ0n) is 15.1. The molecule has 1 unspecified atom stereocenters. The van der Waals surface area contributed by atoms with E-state index in [-0.39, 0.29) is 23.7 Å². The Bertz CT molecular complexity index is 727. The van der Waals surface area contributed by atoms with Gasteiger partial charge in [-0.25, -0.2) is 9.37 Å². The number of aromatic nitrogens is 1. The number of carbonyl (C=O) groups is 1. The lowest BCUT2D eigenvalue weighted by atomic mass is 10.0. The minimum absolute atomic E-state index is 0.0551. The summed E-state index contributed by atoms with van der Waals surface area (Å²) in [5.41, 5.74) is 1.75. The van der Waals surface area contributed by atoms with Crippen LogP contribution in [0.2, 0.25) is 0 Å². The minimum Gasteiger partial charge on any atom is -0.474 e. The molecule has 1 heterocycles. The number of nitrogens with zero attached hydrogens (tertiary/aromatic N) is 1. The maximum atomic E-state index is 13.2. The third kappa shape index (κ3) is 5.28. The molecule has 1 saturated carbocycles. The van der Waals surface area contributed by atoms with Crippen molar-refractivity contribution in [2.45, 2.75) is 51.7 Å². The summed E-state index contributed by atoms with van der Waals surface area (Å²) in [6.07, 6.45) is 7.19. The first-order valence-corrected chi connectivity index (χ1v) is 9.24. The molecule has 1 aliphatic rings. The molecule has 1 N–H and O–H groups in total. The van der Waals surface area contributed by atoms with E-state index in [1.165, 1.54) is 25.0 Å². The molecule has 3 rings (SSSR count). The number of carbonyl (C=O) groups excluding carboxylic acids is 1. The topological polar surface area (TPSA) is 51.2 Å². The molecule has 1 aromatic carbocycles. The summed E-state index contributed by atoms with van der Waals surface area (Å²) in [6, 6.07) is 10.2. The van der Waals surface area contributed by atoms with Crippen LogP contribution < -0.4 is 10.1 Å². The number of ether oxygens (including phenoxy) is 1. The van der Waals surface area contributed by atoms with E-state index in [0.29, 0.717) is 18.8 Å². The van der Waals surface area contributed by atoms with E-state index in [2.05, 4.69) is 10.3 Å². The number of halogens is 1. The van der Waals surface area contributed by atoms with Gasteiger partial charge in [0.25, 0.3) is 0 Å². The average molecular weight is 356 g/mol. The Kier molecular flexibility index (Phi) is 6.21. The van der Waals surface area contributed by atoms with E-state index in [4.69, 9.17) is 4.74 Å². The number of hydrogen-bond donors (Lipinski definition) is 1. The Morgan fingerprint density at radius 3 is 2.77 bits per heavy atom. The molecule has 26 heavy (non-hydrogen) atoms. The van der Waals surface area contributed by atoms with Gasteiger partial charge in [0.1, 0.15) is 11.9 Å². The van der Waals surface area contributed by atoms with Crippen molar-refractivity contribution < 1.29 is 13.9 Å². The monoisotopic (exact) mass is 356 g/mol. The van der Waals surface area contributed by atoms with Gasteiger partial charge in [0, 0.05) is 24.7 Å². The fraction of sp³-hybridized carbons (Fsp3) is 0.429. The van der Waals surface area contributed by atoms with Gasteiger partial charge in [-0.05, 0) is 55.4 Å². The van der Waals surface area contributed by atoms with E-state index in [9.17, 15) is 9.18 Å². The fourth-order valence-corrected chi connectivity index (χ4v) is 3.24. The van der Waals surface area contributed by atoms with Gasteiger partial charge in [0.15, 0.2) is 0 Å². The van der Waals surface area contributed by atoms with Crippen molar-refractivity contribution in [3.05, 3.63) is 59.5 Å². The van der Waals surface area contributed by atoms with Crippen molar-refractivity contribution in [2.75, 3.05) is 0 Å². The van der Waals surface area contributed by atoms with Gasteiger partial charge in [0.05, 0.1) is 0 Å². The molecule has 1 aromatic heterocycles. The lowest BCUT2D eigenvalue weighted by Crippen LogP contribution is -2.29. The SMILES string of the molecule is CC(Cc1cccc(F)c1)C(=O)NCc1ccc(OC2CCCC2)nc1. The van der Waals surface area contributed by atoms with E-state index < -0.39 is 0 Å². The van der Waals surface area contributed by atoms with Gasteiger partial charge in [0.2, 0.25) is 11.8 Å². The van der Waals surface area contributed by atoms with Gasteiger partial charge < -0.3 is 10.1 Å². The van der Waals surface area contributed by atoms with Crippen molar-refractivity contribution in [3.63, 3.8) is 0 Å². The van der Waals surface area contributed by atoms with Gasteiger partial charge >= 0.3 is 0 Å². The highest BCUT2D eigenvalue weighted by Gasteiger charge is 2.17. The minimum atomic E-state index is -0.277. The largest absolute Gasteiger partial charge is 0.474 e. The first kappa shape index (κ1) is 18.4. The molecule has 0 radical (unpaired) electrons. The summed E-state index contributed by atoms with van der Waals surface area (Å²) in [4.78, 5) is 16.6. The predicted octanol–water partition coefficient (Wildman–Crippen LogP) is 4.04. The summed E-state index contributed by atoms with van der Waals surface area (Å²) in [6.45, 7) is 2.26. The highest BCUT2D eigenvalue weighted by molar-refractivity contribution is 5.78. The van der Waals surface area contributed by atoms with Crippen LogP contribution >= 0.6 is 0 Å². The van der Waals surface area contributed by atoms with Crippen molar-refractivity contribution >= 4 is 5.91 Å². The Hall–Kier alpha value is -2.43. The molecule has 1 fully saturated rings. The smallest absolute Gasteiger partial charge is 0.223 e. The molecule has 0 aliphatic heterocycles. The van der Waals surface area contributed by atoms with Crippen LogP contribution in [0.15, 0.2) is 42.6 Å². The predicted molar refractivity (Wildman–Crippen MR) is 98.2 cm³/mol. The fourth-order valence-electron chi connectivity index (χ4n) is 3.24. The molecular weight excluding hydrogens is 331 g/mol. The molecule has 5 heteroatoms. The van der Waals surface area contributed by atoms with Crippen LogP contribution in [-0.2, 0) is 17.8 Å². The van der Waals surface area contributed by atoms with Crippen LogP contribution in [0, 0.1) is 11.7 Å². The van der Waals surface area contributed by atoms with Crippen LogP contribution in [0.3, 0.4) is 0 Å². The van der Waals surface area contributed by atoms with Gasteiger partial charge in [-0.2, -0.15) is 0 Å². The summed E-state index contributed by atoms with van der Waals surface area (Å²) >= 11 is 0. The number of amides is 1. The molecule has 1 aliphatic carbocycles. The standard InChI is InChI=1S/C21H25FN2O2/c1-15(11-16-5-4-6-18(22)12-16)21(25)24-14-17-9-10-20(23-13-17)26-19-7-2-3-8-19/h4-6,9-10,12-13,15,19H,2-3,7-8,11,14H2,1H3,(H,24,25). The summed E-state index contributed by atoms with van der Waals surface area (Å²) in [5, 5.41) is 2.91. The van der Waals surface area contributed by atoms with Crippen LogP contribution in [-0.4, -0.2) is 17.0 Å². The molecule has 2 aromatic rings. The summed E-state index contributed by atoms with van der Waals surface area (Å²) < 4.78 is 19.1. The Morgan fingerprint density at radius 1 is 1.27 bits per heavy atom. The van der Waals surface area contributed by atoms with Crippen LogP contribution in [0.1, 0.15) is 43.7 Å². The van der Waals surface area contributed by atoms with E-state index >= 15 is 0 Å². The van der Waals surface area contributed by atoms with E-state index in [1.54, 1.807) is 12.3 Å². The van der Waals surface area contributed by atoms with E-state index in [1.807, 2.05) is 25.1 Å². The highest BCUT2D eigenvalue weighted by Crippen LogP contribution is 2.22. The third-order valence-corrected chi connectivity index (χ3v) is 4.73. The first-order valence-electron chi connectivity index (χ1n) is 9.24. The average Bonchev–Trinajstić information content (AvgIpc) is 3.14. The number of benzene rings is 1. The summed E-state index contributed by atoms with van der Waals surface area (Å²) in [5.74, 6) is 0.0859. The van der Waals surface area contributed by atoms with Crippen LogP contribution in [0.25, 0.3) is 0 Å². The maximum absolute atomic E-state index is 13.2. The molecule has 4 nitrogen and oxygen atoms in total. The van der Waals surface area contributed by atoms with Crippen molar-refractivity contribution in [2.24, 2.45) is 5.92 Å². The van der Waals surface area contributed by atoms with Crippen molar-refractivity contribution in [1.29, 1.82) is 0 Å². The third-order valence-electron chi connectivity index (χ3n) is 4.73. The highest BCUT2D eigenvalue weighted by atomic mass is 19.1. The second-order valence-corrected chi connectivity index (χ2v) is 6.98. The maximum Gasteiger partial charge on any atom is 0.223 e. The second kappa shape index (κ2) is 8.79. The molecular formula is C21H25FN2O2. The number of pyridine rings is 1. The number of hydrogen-bond acceptors (Lipinski definition) is 3. The van der Waals surface area contributed by atoms with Gasteiger partial charge in [-0.15, -0.1) is 0 Å². The summed E-state index contributed by atoms with van der Waals surface area (Å²) in [7, 11) is 0. The molecule has 0 saturated heterocycles. The molecule has 0 spiro atoms. The lowest BCUT2D eigenvalue weighted by Gasteiger charge is -2.14. The molecule has 138 valence electrons. The zero-order chi connectivity index (χ0) is 18.4. The van der Waals surface area contributed by atoms with Crippen LogP contribution in [0.4, 0.5) is 4.39 Å². The first-order chi connectivity index (χ1) is 12.6. The van der Waals surface area contributed by atoms with E-state index in [0.717, 1.165) is 24.0 Å². The zero-order valence-corrected chi connectivity index (χ0v) is 15.1. The van der Waals surface area contributed by atoms with Crippen molar-refractivity contribution in [1.82, 2.24) is 10.3 Å². The van der Waals surface area contributed by atoms with Gasteiger partial charge in [-0.1, -0.05) is 25.1 Å². The van der Waals surface area contributed by atoms with Gasteiger partial charge in [-0.3, -0.25) is 4.79 Å². The molecule has 1 amide bonds.